The standard InChI is InChI=1S/C40H28N4/c1-5-15-35-31(11-1)32-12-2-6-16-36(32)43(35)29-21-25-41(26-22-29)39-19-9-10-20-40(39)42-27-23-30(24-28-42)44-37-17-7-3-13-33(37)34-14-4-8-18-38(34)44/h1-28H/q+2. The fraction of sp³-hybridized carbons (Fsp3) is 0. The maximum absolute atomic E-state index is 2.35. The van der Waals surface area contributed by atoms with Gasteiger partial charge in [-0.2, -0.15) is 9.13 Å². The number of aromatic nitrogens is 4. The van der Waals surface area contributed by atoms with E-state index in [1.165, 1.54) is 43.6 Å². The van der Waals surface area contributed by atoms with Crippen molar-refractivity contribution in [2.24, 2.45) is 0 Å². The molecule has 4 heteroatoms. The van der Waals surface area contributed by atoms with Crippen LogP contribution in [0.15, 0.2) is 170 Å². The molecule has 206 valence electrons. The Balaban J connectivity index is 1.11. The van der Waals surface area contributed by atoms with Gasteiger partial charge in [0.2, 0.25) is 0 Å². The molecule has 0 saturated carbocycles. The molecule has 0 aliphatic carbocycles. The largest absolute Gasteiger partial charge is 0.309 e. The van der Waals surface area contributed by atoms with Crippen LogP contribution in [0.25, 0.3) is 66.4 Å². The van der Waals surface area contributed by atoms with Crippen molar-refractivity contribution >= 4 is 43.6 Å². The zero-order valence-electron chi connectivity index (χ0n) is 24.0. The quantitative estimate of drug-likeness (QED) is 0.191. The molecule has 0 bridgehead atoms. The molecule has 44 heavy (non-hydrogen) atoms. The van der Waals surface area contributed by atoms with Gasteiger partial charge in [0.05, 0.1) is 33.4 Å². The number of hydrogen-bond acceptors (Lipinski definition) is 0. The molecule has 0 saturated heterocycles. The van der Waals surface area contributed by atoms with Gasteiger partial charge < -0.3 is 9.13 Å². The molecule has 0 aliphatic heterocycles. The molecule has 9 rings (SSSR count). The van der Waals surface area contributed by atoms with Gasteiger partial charge in [0, 0.05) is 57.9 Å². The molecule has 0 radical (unpaired) electrons. The van der Waals surface area contributed by atoms with E-state index in [1.54, 1.807) is 0 Å². The second kappa shape index (κ2) is 9.79. The molecule has 0 spiro atoms. The van der Waals surface area contributed by atoms with Crippen molar-refractivity contribution in [3.8, 4) is 22.7 Å². The van der Waals surface area contributed by atoms with Gasteiger partial charge in [-0.25, -0.2) is 0 Å². The van der Waals surface area contributed by atoms with E-state index >= 15 is 0 Å². The Labute approximate surface area is 254 Å². The van der Waals surface area contributed by atoms with Crippen molar-refractivity contribution in [2.75, 3.05) is 0 Å². The lowest BCUT2D eigenvalue weighted by Crippen LogP contribution is -2.38. The summed E-state index contributed by atoms with van der Waals surface area (Å²) in [6.45, 7) is 0. The molecule has 5 aromatic carbocycles. The SMILES string of the molecule is c1ccc(-[n+]2ccc(-n3c4ccccc4c4ccccc43)cc2)c(-[n+]2ccc(-n3c4ccccc4c4ccccc43)cc2)c1. The van der Waals surface area contributed by atoms with Crippen LogP contribution in [-0.2, 0) is 0 Å². The Kier molecular flexibility index (Phi) is 5.47. The average Bonchev–Trinajstić information content (AvgIpc) is 3.62. The van der Waals surface area contributed by atoms with Gasteiger partial charge >= 0.3 is 0 Å². The zero-order valence-corrected chi connectivity index (χ0v) is 24.0. The highest BCUT2D eigenvalue weighted by Gasteiger charge is 2.21. The molecule has 4 nitrogen and oxygen atoms in total. The first-order valence-corrected chi connectivity index (χ1v) is 14.9. The predicted molar refractivity (Wildman–Crippen MR) is 178 cm³/mol. The molecule has 0 amide bonds. The van der Waals surface area contributed by atoms with Gasteiger partial charge in [-0.1, -0.05) is 84.9 Å². The number of fused-ring (bicyclic) bond motifs is 6. The van der Waals surface area contributed by atoms with E-state index in [-0.39, 0.29) is 0 Å². The van der Waals surface area contributed by atoms with E-state index in [0.717, 1.165) is 22.7 Å². The smallest absolute Gasteiger partial charge is 0.283 e. The summed E-state index contributed by atoms with van der Waals surface area (Å²) in [5.41, 5.74) is 9.35. The van der Waals surface area contributed by atoms with Gasteiger partial charge in [-0.15, -0.1) is 0 Å². The molecule has 0 atom stereocenters. The highest BCUT2D eigenvalue weighted by atomic mass is 15.0. The third kappa shape index (κ3) is 3.71. The first-order chi connectivity index (χ1) is 21.8. The van der Waals surface area contributed by atoms with Crippen molar-refractivity contribution in [2.45, 2.75) is 0 Å². The monoisotopic (exact) mass is 564 g/mol. The minimum atomic E-state index is 1.11. The Hall–Kier alpha value is -6.00. The van der Waals surface area contributed by atoms with Crippen LogP contribution in [0, 0.1) is 0 Å². The van der Waals surface area contributed by atoms with Crippen LogP contribution in [0.1, 0.15) is 0 Å². The number of benzene rings is 5. The van der Waals surface area contributed by atoms with Crippen molar-refractivity contribution in [1.29, 1.82) is 0 Å². The molecule has 9 aromatic rings. The Morgan fingerprint density at radius 2 is 0.568 bits per heavy atom. The van der Waals surface area contributed by atoms with Gasteiger partial charge in [0.15, 0.2) is 24.8 Å². The lowest BCUT2D eigenvalue weighted by Gasteiger charge is -2.08. The average molecular weight is 565 g/mol. The highest BCUT2D eigenvalue weighted by Crippen LogP contribution is 2.32. The normalized spacial score (nSPS) is 11.6. The number of nitrogens with zero attached hydrogens (tertiary/aromatic N) is 4. The zero-order chi connectivity index (χ0) is 29.0. The minimum absolute atomic E-state index is 1.11. The molecular formula is C40H28N4+2. The van der Waals surface area contributed by atoms with E-state index in [9.17, 15) is 0 Å². The number of hydrogen-bond donors (Lipinski definition) is 0. The Morgan fingerprint density at radius 3 is 0.886 bits per heavy atom. The van der Waals surface area contributed by atoms with Gasteiger partial charge in [0.1, 0.15) is 0 Å². The second-order valence-electron chi connectivity index (χ2n) is 11.2. The predicted octanol–water partition coefficient (Wildman–Crippen LogP) is 8.43. The van der Waals surface area contributed by atoms with Crippen LogP contribution in [0.2, 0.25) is 0 Å². The maximum atomic E-state index is 2.35. The van der Waals surface area contributed by atoms with E-state index in [0.29, 0.717) is 0 Å². The van der Waals surface area contributed by atoms with Gasteiger partial charge in [-0.05, 0) is 24.3 Å². The van der Waals surface area contributed by atoms with Crippen molar-refractivity contribution in [3.63, 3.8) is 0 Å². The van der Waals surface area contributed by atoms with Crippen LogP contribution in [0.5, 0.6) is 0 Å². The summed E-state index contributed by atoms with van der Waals surface area (Å²) in [4.78, 5) is 0. The van der Waals surface area contributed by atoms with Gasteiger partial charge in [0.25, 0.3) is 11.4 Å². The van der Waals surface area contributed by atoms with E-state index in [2.05, 4.69) is 189 Å². The fourth-order valence-electron chi connectivity index (χ4n) is 6.76. The highest BCUT2D eigenvalue weighted by molar-refractivity contribution is 6.10. The molecule has 4 aromatic heterocycles. The lowest BCUT2D eigenvalue weighted by atomic mass is 10.2. The van der Waals surface area contributed by atoms with E-state index in [1.807, 2.05) is 0 Å². The summed E-state index contributed by atoms with van der Waals surface area (Å²) in [5.74, 6) is 0. The number of rotatable bonds is 4. The lowest BCUT2D eigenvalue weighted by molar-refractivity contribution is -0.633. The maximum Gasteiger partial charge on any atom is 0.283 e. The summed E-state index contributed by atoms with van der Waals surface area (Å²) in [7, 11) is 0. The van der Waals surface area contributed by atoms with Crippen LogP contribution in [-0.4, -0.2) is 9.13 Å². The summed E-state index contributed by atoms with van der Waals surface area (Å²) in [6, 6.07) is 51.9. The topological polar surface area (TPSA) is 17.6 Å². The molecule has 0 N–H and O–H groups in total. The second-order valence-corrected chi connectivity index (χ2v) is 11.2. The van der Waals surface area contributed by atoms with E-state index in [4.69, 9.17) is 0 Å². The number of para-hydroxylation sites is 6. The van der Waals surface area contributed by atoms with Crippen LogP contribution < -0.4 is 9.13 Å². The molecular weight excluding hydrogens is 536 g/mol. The first kappa shape index (κ1) is 24.6. The minimum Gasteiger partial charge on any atom is -0.309 e. The summed E-state index contributed by atoms with van der Waals surface area (Å²) in [6.07, 6.45) is 8.63. The van der Waals surface area contributed by atoms with Gasteiger partial charge in [-0.3, -0.25) is 0 Å². The summed E-state index contributed by atoms with van der Waals surface area (Å²) in [5, 5.41) is 5.08. The Morgan fingerprint density at radius 1 is 0.295 bits per heavy atom. The van der Waals surface area contributed by atoms with Crippen LogP contribution in [0.3, 0.4) is 0 Å². The van der Waals surface area contributed by atoms with Crippen molar-refractivity contribution in [3.05, 3.63) is 170 Å². The summed E-state index contributed by atoms with van der Waals surface area (Å²) < 4.78 is 9.09. The van der Waals surface area contributed by atoms with Crippen molar-refractivity contribution < 1.29 is 9.13 Å². The first-order valence-electron chi connectivity index (χ1n) is 14.9. The van der Waals surface area contributed by atoms with Crippen molar-refractivity contribution in [1.82, 2.24) is 9.13 Å². The molecule has 0 unspecified atom stereocenters. The number of pyridine rings is 2. The third-order valence-electron chi connectivity index (χ3n) is 8.74. The summed E-state index contributed by atoms with van der Waals surface area (Å²) >= 11 is 0. The third-order valence-corrected chi connectivity index (χ3v) is 8.74. The molecule has 4 heterocycles. The molecule has 0 fully saturated rings. The molecule has 0 aliphatic rings. The Bertz CT molecular complexity index is 2200. The van der Waals surface area contributed by atoms with Crippen LogP contribution >= 0.6 is 0 Å². The van der Waals surface area contributed by atoms with Crippen LogP contribution in [0.4, 0.5) is 0 Å². The fourth-order valence-corrected chi connectivity index (χ4v) is 6.76. The van der Waals surface area contributed by atoms with E-state index < -0.39 is 0 Å².